The SMILES string of the molecule is O=C(O)CNS(=O)(=O)c1cc2c(cc1Br)NC(=O)C2. The number of nitrogens with one attached hydrogen (secondary N) is 2. The Balaban J connectivity index is 2.38. The van der Waals surface area contributed by atoms with Crippen molar-refractivity contribution >= 4 is 43.5 Å². The van der Waals surface area contributed by atoms with Crippen molar-refractivity contribution in [3.05, 3.63) is 22.2 Å². The van der Waals surface area contributed by atoms with Gasteiger partial charge in [-0.05, 0) is 33.6 Å². The van der Waals surface area contributed by atoms with Gasteiger partial charge in [0.2, 0.25) is 15.9 Å². The maximum atomic E-state index is 11.9. The molecule has 1 aromatic rings. The third-order valence-corrected chi connectivity index (χ3v) is 4.85. The number of sulfonamides is 1. The first-order valence-electron chi connectivity index (χ1n) is 5.13. The van der Waals surface area contributed by atoms with Crippen molar-refractivity contribution in [1.29, 1.82) is 0 Å². The predicted molar refractivity (Wildman–Crippen MR) is 69.3 cm³/mol. The molecular weight excluding hydrogens is 340 g/mol. The Labute approximate surface area is 117 Å². The van der Waals surface area contributed by atoms with Crippen molar-refractivity contribution in [2.24, 2.45) is 0 Å². The standard InChI is InChI=1S/C10H9BrN2O5S/c11-6-3-7-5(2-9(14)13-7)1-8(6)19(17,18)12-4-10(15)16/h1,3,12H,2,4H2,(H,13,14)(H,15,16). The van der Waals surface area contributed by atoms with E-state index in [-0.39, 0.29) is 21.7 Å². The summed E-state index contributed by atoms with van der Waals surface area (Å²) in [6.07, 6.45) is 0.101. The van der Waals surface area contributed by atoms with Crippen LogP contribution in [-0.4, -0.2) is 31.9 Å². The zero-order valence-corrected chi connectivity index (χ0v) is 11.8. The number of anilines is 1. The number of rotatable bonds is 4. The normalized spacial score (nSPS) is 14.1. The number of halogens is 1. The molecule has 0 aromatic heterocycles. The highest BCUT2D eigenvalue weighted by Gasteiger charge is 2.25. The van der Waals surface area contributed by atoms with Gasteiger partial charge < -0.3 is 10.4 Å². The first kappa shape index (κ1) is 14.0. The Morgan fingerprint density at radius 1 is 1.47 bits per heavy atom. The number of aliphatic carboxylic acids is 1. The highest BCUT2D eigenvalue weighted by atomic mass is 79.9. The van der Waals surface area contributed by atoms with E-state index in [1.54, 1.807) is 0 Å². The molecule has 0 saturated carbocycles. The topological polar surface area (TPSA) is 113 Å². The molecule has 2 rings (SSSR count). The number of benzene rings is 1. The Morgan fingerprint density at radius 2 is 2.16 bits per heavy atom. The van der Waals surface area contributed by atoms with Crippen molar-refractivity contribution in [1.82, 2.24) is 4.72 Å². The summed E-state index contributed by atoms with van der Waals surface area (Å²) in [7, 11) is -3.94. The maximum Gasteiger partial charge on any atom is 0.318 e. The smallest absolute Gasteiger partial charge is 0.318 e. The van der Waals surface area contributed by atoms with Crippen LogP contribution in [0.4, 0.5) is 5.69 Å². The van der Waals surface area contributed by atoms with Crippen LogP contribution in [0.15, 0.2) is 21.5 Å². The quantitative estimate of drug-likeness (QED) is 0.724. The Kier molecular flexibility index (Phi) is 3.61. The van der Waals surface area contributed by atoms with Crippen LogP contribution in [-0.2, 0) is 26.0 Å². The second-order valence-electron chi connectivity index (χ2n) is 3.88. The molecule has 0 unspecified atom stereocenters. The predicted octanol–water partition coefficient (Wildman–Crippen LogP) is 0.307. The van der Waals surface area contributed by atoms with E-state index in [2.05, 4.69) is 21.2 Å². The highest BCUT2D eigenvalue weighted by Crippen LogP contribution is 2.32. The van der Waals surface area contributed by atoms with Gasteiger partial charge in [-0.3, -0.25) is 9.59 Å². The molecule has 1 amide bonds. The fourth-order valence-corrected chi connectivity index (χ4v) is 3.73. The van der Waals surface area contributed by atoms with E-state index in [4.69, 9.17) is 5.11 Å². The second kappa shape index (κ2) is 4.91. The van der Waals surface area contributed by atoms with Gasteiger partial charge in [-0.2, -0.15) is 4.72 Å². The molecule has 0 atom stereocenters. The van der Waals surface area contributed by atoms with Gasteiger partial charge in [0.25, 0.3) is 0 Å². The van der Waals surface area contributed by atoms with Crippen LogP contribution in [0, 0.1) is 0 Å². The number of carbonyl (C=O) groups excluding carboxylic acids is 1. The molecule has 9 heteroatoms. The summed E-state index contributed by atoms with van der Waals surface area (Å²) in [5, 5.41) is 11.1. The number of carboxylic acids is 1. The van der Waals surface area contributed by atoms with Gasteiger partial charge >= 0.3 is 5.97 Å². The van der Waals surface area contributed by atoms with Crippen LogP contribution in [0.25, 0.3) is 0 Å². The lowest BCUT2D eigenvalue weighted by atomic mass is 10.2. The van der Waals surface area contributed by atoms with Gasteiger partial charge in [-0.1, -0.05) is 0 Å². The van der Waals surface area contributed by atoms with Gasteiger partial charge in [0.05, 0.1) is 11.3 Å². The van der Waals surface area contributed by atoms with E-state index >= 15 is 0 Å². The summed E-state index contributed by atoms with van der Waals surface area (Å²) in [6, 6.07) is 2.83. The fourth-order valence-electron chi connectivity index (χ4n) is 1.67. The molecule has 1 aliphatic heterocycles. The minimum atomic E-state index is -3.94. The van der Waals surface area contributed by atoms with Crippen LogP contribution in [0.1, 0.15) is 5.56 Å². The fraction of sp³-hybridized carbons (Fsp3) is 0.200. The summed E-state index contributed by atoms with van der Waals surface area (Å²) in [5.74, 6) is -1.49. The van der Waals surface area contributed by atoms with Gasteiger partial charge in [0.15, 0.2) is 0 Å². The number of carbonyl (C=O) groups is 2. The molecule has 0 spiro atoms. The second-order valence-corrected chi connectivity index (χ2v) is 6.47. The molecule has 102 valence electrons. The van der Waals surface area contributed by atoms with E-state index in [1.165, 1.54) is 12.1 Å². The summed E-state index contributed by atoms with van der Waals surface area (Å²) >= 11 is 3.09. The summed E-state index contributed by atoms with van der Waals surface area (Å²) in [4.78, 5) is 21.5. The van der Waals surface area contributed by atoms with Crippen LogP contribution in [0.3, 0.4) is 0 Å². The number of fused-ring (bicyclic) bond motifs is 1. The molecule has 0 fully saturated rings. The zero-order valence-electron chi connectivity index (χ0n) is 9.44. The summed E-state index contributed by atoms with van der Waals surface area (Å²) in [5.41, 5.74) is 1.11. The minimum Gasteiger partial charge on any atom is -0.480 e. The molecule has 3 N–H and O–H groups in total. The van der Waals surface area contributed by atoms with Gasteiger partial charge in [0, 0.05) is 10.2 Å². The molecule has 0 bridgehead atoms. The Bertz CT molecular complexity index is 671. The van der Waals surface area contributed by atoms with Gasteiger partial charge in [-0.25, -0.2) is 8.42 Å². The monoisotopic (exact) mass is 348 g/mol. The molecule has 0 aliphatic carbocycles. The lowest BCUT2D eigenvalue weighted by Gasteiger charge is -2.09. The van der Waals surface area contributed by atoms with E-state index in [1.807, 2.05) is 4.72 Å². The lowest BCUT2D eigenvalue weighted by Crippen LogP contribution is -2.29. The number of hydrogen-bond donors (Lipinski definition) is 3. The molecule has 19 heavy (non-hydrogen) atoms. The minimum absolute atomic E-state index is 0.0935. The molecule has 0 radical (unpaired) electrons. The molecule has 1 heterocycles. The molecule has 1 aromatic carbocycles. The molecule has 0 saturated heterocycles. The lowest BCUT2D eigenvalue weighted by molar-refractivity contribution is -0.135. The van der Waals surface area contributed by atoms with E-state index in [0.717, 1.165) is 0 Å². The van der Waals surface area contributed by atoms with Crippen molar-refractivity contribution < 1.29 is 23.1 Å². The Hall–Kier alpha value is -1.45. The number of hydrogen-bond acceptors (Lipinski definition) is 4. The molecule has 1 aliphatic rings. The van der Waals surface area contributed by atoms with Crippen molar-refractivity contribution in [2.75, 3.05) is 11.9 Å². The Morgan fingerprint density at radius 3 is 2.79 bits per heavy atom. The maximum absolute atomic E-state index is 11.9. The van der Waals surface area contributed by atoms with Crippen molar-refractivity contribution in [2.45, 2.75) is 11.3 Å². The van der Waals surface area contributed by atoms with Crippen molar-refractivity contribution in [3.63, 3.8) is 0 Å². The van der Waals surface area contributed by atoms with E-state index in [0.29, 0.717) is 11.3 Å². The zero-order chi connectivity index (χ0) is 14.2. The number of amides is 1. The largest absolute Gasteiger partial charge is 0.480 e. The highest BCUT2D eigenvalue weighted by molar-refractivity contribution is 9.10. The average molecular weight is 349 g/mol. The van der Waals surface area contributed by atoms with E-state index in [9.17, 15) is 18.0 Å². The van der Waals surface area contributed by atoms with Crippen LogP contribution in [0.5, 0.6) is 0 Å². The van der Waals surface area contributed by atoms with Crippen LogP contribution in [0.2, 0.25) is 0 Å². The number of carboxylic acid groups (broad SMARTS) is 1. The third-order valence-electron chi connectivity index (χ3n) is 2.49. The van der Waals surface area contributed by atoms with Crippen molar-refractivity contribution in [3.8, 4) is 0 Å². The van der Waals surface area contributed by atoms with Crippen LogP contribution >= 0.6 is 15.9 Å². The first-order chi connectivity index (χ1) is 8.79. The third kappa shape index (κ3) is 2.94. The molecular formula is C10H9BrN2O5S. The summed E-state index contributed by atoms with van der Waals surface area (Å²) < 4.78 is 26.1. The van der Waals surface area contributed by atoms with Crippen LogP contribution < -0.4 is 10.0 Å². The summed E-state index contributed by atoms with van der Waals surface area (Å²) in [6.45, 7) is -0.705. The average Bonchev–Trinajstić information content (AvgIpc) is 2.64. The van der Waals surface area contributed by atoms with Gasteiger partial charge in [0.1, 0.15) is 6.54 Å². The van der Waals surface area contributed by atoms with E-state index < -0.39 is 22.5 Å². The molecule has 7 nitrogen and oxygen atoms in total. The first-order valence-corrected chi connectivity index (χ1v) is 7.41. The van der Waals surface area contributed by atoms with Gasteiger partial charge in [-0.15, -0.1) is 0 Å².